The van der Waals surface area contributed by atoms with Crippen molar-refractivity contribution in [2.24, 2.45) is 0 Å². The summed E-state index contributed by atoms with van der Waals surface area (Å²) >= 11 is 0. The van der Waals surface area contributed by atoms with Gasteiger partial charge in [-0.2, -0.15) is 0 Å². The van der Waals surface area contributed by atoms with Gasteiger partial charge >= 0.3 is 0 Å². The number of aromatic nitrogens is 6. The maximum Gasteiger partial charge on any atom is 0.252 e. The molecule has 0 spiro atoms. The fourth-order valence-electron chi connectivity index (χ4n) is 15.5. The van der Waals surface area contributed by atoms with Crippen LogP contribution >= 0.6 is 0 Å². The molecule has 0 atom stereocenters. The molecule has 9 heteroatoms. The first-order valence-corrected chi connectivity index (χ1v) is 33.2. The van der Waals surface area contributed by atoms with Gasteiger partial charge in [-0.1, -0.05) is 244 Å². The summed E-state index contributed by atoms with van der Waals surface area (Å²) in [6.45, 7) is 4.72. The topological polar surface area (TPSA) is 75.9 Å². The summed E-state index contributed by atoms with van der Waals surface area (Å²) in [7, 11) is 0. The van der Waals surface area contributed by atoms with Gasteiger partial charge in [0.1, 0.15) is 0 Å². The molecule has 13 aromatic carbocycles. The Bertz CT molecular complexity index is 5630. The number of benzene rings is 13. The molecule has 0 bridgehead atoms. The van der Waals surface area contributed by atoms with Crippen molar-refractivity contribution in [1.29, 1.82) is 0 Å². The van der Waals surface area contributed by atoms with E-state index < -0.39 is 0 Å². The van der Waals surface area contributed by atoms with E-state index in [1.165, 1.54) is 60.8 Å². The van der Waals surface area contributed by atoms with Gasteiger partial charge < -0.3 is 14.4 Å². The predicted octanol–water partition coefficient (Wildman–Crippen LogP) is 19.8. The van der Waals surface area contributed by atoms with Gasteiger partial charge in [-0.15, -0.1) is 0 Å². The molecule has 1 aliphatic carbocycles. The summed E-state index contributed by atoms with van der Waals surface area (Å²) in [6, 6.07) is 115. The molecule has 3 aromatic heterocycles. The fraction of sp³-hybridized carbons (Fsp3) is 0.0341. The van der Waals surface area contributed by atoms with E-state index in [1.807, 2.05) is 36.4 Å². The van der Waals surface area contributed by atoms with Gasteiger partial charge in [-0.25, -0.2) is 24.9 Å². The Morgan fingerprint density at radius 1 is 0.278 bits per heavy atom. The minimum atomic E-state index is -0.232. The van der Waals surface area contributed by atoms with Crippen molar-refractivity contribution in [2.75, 3.05) is 9.80 Å². The molecule has 0 saturated heterocycles. The second-order valence-electron chi connectivity index (χ2n) is 25.9. The highest BCUT2D eigenvalue weighted by Gasteiger charge is 2.44. The Hall–Kier alpha value is -12.6. The molecule has 454 valence electrons. The molecule has 5 heterocycles. The third kappa shape index (κ3) is 9.11. The molecule has 97 heavy (non-hydrogen) atoms. The number of fused-ring (bicyclic) bond motifs is 10. The molecule has 19 rings (SSSR count). The lowest BCUT2D eigenvalue weighted by Crippen LogP contribution is -2.61. The second kappa shape index (κ2) is 22.3. The molecule has 0 N–H and O–H groups in total. The lowest BCUT2D eigenvalue weighted by Gasteiger charge is -2.44. The van der Waals surface area contributed by atoms with E-state index in [-0.39, 0.29) is 12.1 Å². The van der Waals surface area contributed by atoms with Gasteiger partial charge in [0.05, 0.1) is 28.1 Å². The second-order valence-corrected chi connectivity index (χ2v) is 25.9. The lowest BCUT2D eigenvalue weighted by atomic mass is 9.33. The van der Waals surface area contributed by atoms with Crippen molar-refractivity contribution >= 4 is 79.0 Å². The molecule has 0 saturated carbocycles. The first-order valence-electron chi connectivity index (χ1n) is 33.2. The summed E-state index contributed by atoms with van der Waals surface area (Å²) in [5.74, 6) is 2.32. The van der Waals surface area contributed by atoms with Crippen LogP contribution in [0.15, 0.2) is 322 Å². The molecular formula is C88H59BN8. The van der Waals surface area contributed by atoms with E-state index in [9.17, 15) is 0 Å². The molecule has 0 unspecified atom stereocenters. The Labute approximate surface area is 562 Å². The van der Waals surface area contributed by atoms with Crippen LogP contribution in [0.1, 0.15) is 25.0 Å². The molecular weight excluding hydrogens is 1180 g/mol. The van der Waals surface area contributed by atoms with E-state index in [0.29, 0.717) is 23.3 Å². The highest BCUT2D eigenvalue weighted by Crippen LogP contribution is 2.52. The Kier molecular flexibility index (Phi) is 12.9. The van der Waals surface area contributed by atoms with E-state index in [2.05, 4.69) is 313 Å². The average molecular weight is 1240 g/mol. The molecule has 8 nitrogen and oxygen atoms in total. The van der Waals surface area contributed by atoms with E-state index in [0.717, 1.165) is 95.4 Å². The third-order valence-electron chi connectivity index (χ3n) is 20.0. The fourth-order valence-corrected chi connectivity index (χ4v) is 15.5. The Balaban J connectivity index is 0.820. The van der Waals surface area contributed by atoms with Crippen LogP contribution in [0.4, 0.5) is 34.1 Å². The largest absolute Gasteiger partial charge is 0.311 e. The lowest BCUT2D eigenvalue weighted by molar-refractivity contribution is 0.661. The van der Waals surface area contributed by atoms with Crippen LogP contribution in [0.2, 0.25) is 0 Å². The quantitative estimate of drug-likeness (QED) is 0.126. The maximum absolute atomic E-state index is 5.75. The van der Waals surface area contributed by atoms with E-state index in [4.69, 9.17) is 24.9 Å². The minimum absolute atomic E-state index is 0.00891. The summed E-state index contributed by atoms with van der Waals surface area (Å²) in [5, 5.41) is 2.35. The molecule has 0 amide bonds. The van der Waals surface area contributed by atoms with Crippen molar-refractivity contribution in [3.05, 3.63) is 333 Å². The first kappa shape index (κ1) is 56.0. The highest BCUT2D eigenvalue weighted by atomic mass is 15.2. The van der Waals surface area contributed by atoms with Crippen LogP contribution in [-0.2, 0) is 5.41 Å². The van der Waals surface area contributed by atoms with Crippen LogP contribution < -0.4 is 26.2 Å². The molecule has 0 radical (unpaired) electrons. The van der Waals surface area contributed by atoms with Crippen LogP contribution in [0.25, 0.3) is 118 Å². The summed E-state index contributed by atoms with van der Waals surface area (Å²) in [6.07, 6.45) is 0. The monoisotopic (exact) mass is 1240 g/mol. The van der Waals surface area contributed by atoms with Crippen LogP contribution in [0.5, 0.6) is 0 Å². The van der Waals surface area contributed by atoms with Crippen molar-refractivity contribution in [1.82, 2.24) is 29.5 Å². The number of anilines is 6. The highest BCUT2D eigenvalue weighted by molar-refractivity contribution is 7.00. The standard InChI is InChI=1S/C88H59BN8/c1-88(2)70-38-20-18-36-65(70)67-53-68-66-37-19-23-41-76(66)97(80(68)54-71(67)88)77-49-48-61(87-93-85(58-28-10-4-11-29-58)92-86(94-87)59-30-12-5-13-31-59)50-69(77)75-55-74(57-26-8-3-9-27-57)90-84(91-75)60-46-44-56(45-47-60)62-51-81-83-82(52-62)96(64-34-16-7-17-35-64)79-43-25-22-40-73(79)89(83)72-39-21-24-42-78(72)95(81)63-32-14-6-15-33-63/h3-55H,1-2H3. The zero-order chi connectivity index (χ0) is 64.3. The van der Waals surface area contributed by atoms with Gasteiger partial charge in [-0.05, 0) is 141 Å². The van der Waals surface area contributed by atoms with Gasteiger partial charge in [0.15, 0.2) is 23.3 Å². The van der Waals surface area contributed by atoms with Crippen molar-refractivity contribution in [3.8, 4) is 96.0 Å². The normalized spacial score (nSPS) is 13.1. The molecule has 3 aliphatic rings. The van der Waals surface area contributed by atoms with Crippen molar-refractivity contribution in [2.45, 2.75) is 19.3 Å². The summed E-state index contributed by atoms with van der Waals surface area (Å²) < 4.78 is 2.45. The first-order chi connectivity index (χ1) is 47.9. The zero-order valence-electron chi connectivity index (χ0n) is 53.3. The number of para-hydroxylation sites is 5. The van der Waals surface area contributed by atoms with Crippen LogP contribution in [0.3, 0.4) is 0 Å². The summed E-state index contributed by atoms with van der Waals surface area (Å²) in [4.78, 5) is 31.9. The van der Waals surface area contributed by atoms with E-state index >= 15 is 0 Å². The Morgan fingerprint density at radius 2 is 0.753 bits per heavy atom. The number of rotatable bonds is 10. The minimum Gasteiger partial charge on any atom is -0.311 e. The van der Waals surface area contributed by atoms with E-state index in [1.54, 1.807) is 0 Å². The Morgan fingerprint density at radius 3 is 1.37 bits per heavy atom. The van der Waals surface area contributed by atoms with Crippen LogP contribution in [-0.4, -0.2) is 36.2 Å². The maximum atomic E-state index is 5.75. The molecule has 16 aromatic rings. The predicted molar refractivity (Wildman–Crippen MR) is 399 cm³/mol. The van der Waals surface area contributed by atoms with Crippen LogP contribution in [0, 0.1) is 0 Å². The SMILES string of the molecule is CC1(C)c2ccccc2-c2cc3c4ccccc4n(-c4ccc(-c5nc(-c6ccccc6)nc(-c6ccccc6)n5)cc4-c4cc(-c5ccccc5)nc(-c5ccc(-c6cc7c8c(c6)N(c6ccccc6)c6ccccc6B8c6ccccc6N7c6ccccc6)cc5)n4)c3cc21. The van der Waals surface area contributed by atoms with Crippen molar-refractivity contribution in [3.63, 3.8) is 0 Å². The number of hydrogen-bond acceptors (Lipinski definition) is 7. The van der Waals surface area contributed by atoms with Gasteiger partial charge in [0.25, 0.3) is 6.71 Å². The van der Waals surface area contributed by atoms with Crippen molar-refractivity contribution < 1.29 is 0 Å². The zero-order valence-corrected chi connectivity index (χ0v) is 53.3. The molecule has 0 fully saturated rings. The smallest absolute Gasteiger partial charge is 0.252 e. The van der Waals surface area contributed by atoms with Gasteiger partial charge in [-0.3, -0.25) is 0 Å². The van der Waals surface area contributed by atoms with Gasteiger partial charge in [0.2, 0.25) is 0 Å². The van der Waals surface area contributed by atoms with Gasteiger partial charge in [0, 0.05) is 83.7 Å². The summed E-state index contributed by atoms with van der Waals surface area (Å²) in [5.41, 5.74) is 27.9. The average Bonchev–Trinajstić information content (AvgIpc) is 1.59. The number of hydrogen-bond donors (Lipinski definition) is 0. The third-order valence-corrected chi connectivity index (χ3v) is 20.0. The molecule has 2 aliphatic heterocycles. The number of nitrogens with zero attached hydrogens (tertiary/aromatic N) is 8.